The average Bonchev–Trinajstić information content (AvgIpc) is 2.73. The van der Waals surface area contributed by atoms with Crippen molar-refractivity contribution in [1.29, 1.82) is 0 Å². The van der Waals surface area contributed by atoms with E-state index < -0.39 is 10.0 Å². The lowest BCUT2D eigenvalue weighted by molar-refractivity contribution is 0.578. The zero-order valence-corrected chi connectivity index (χ0v) is 10.6. The Morgan fingerprint density at radius 3 is 2.72 bits per heavy atom. The van der Waals surface area contributed by atoms with Crippen LogP contribution in [0.4, 0.5) is 5.69 Å². The summed E-state index contributed by atoms with van der Waals surface area (Å²) in [5.41, 5.74) is 5.84. The lowest BCUT2D eigenvalue weighted by Gasteiger charge is -2.08. The molecule has 0 aliphatic heterocycles. The van der Waals surface area contributed by atoms with Crippen LogP contribution >= 0.6 is 0 Å². The first kappa shape index (κ1) is 12.5. The smallest absolute Gasteiger partial charge is 0.243 e. The van der Waals surface area contributed by atoms with Gasteiger partial charge in [0.2, 0.25) is 10.0 Å². The fourth-order valence-corrected chi connectivity index (χ4v) is 2.54. The highest BCUT2D eigenvalue weighted by Crippen LogP contribution is 2.16. The van der Waals surface area contributed by atoms with Gasteiger partial charge in [-0.05, 0) is 12.1 Å². The molecule has 7 nitrogen and oxygen atoms in total. The van der Waals surface area contributed by atoms with Gasteiger partial charge in [0.15, 0.2) is 0 Å². The number of aryl methyl sites for hydroxylation is 1. The highest BCUT2D eigenvalue weighted by molar-refractivity contribution is 7.89. The molecule has 2 aromatic rings. The summed E-state index contributed by atoms with van der Waals surface area (Å²) in [4.78, 5) is 0.0622. The summed E-state index contributed by atoms with van der Waals surface area (Å²) in [6, 6.07) is 6.29. The minimum atomic E-state index is -3.64. The quantitative estimate of drug-likeness (QED) is 0.751. The zero-order valence-electron chi connectivity index (χ0n) is 9.74. The number of aromatic nitrogens is 3. The first-order valence-corrected chi connectivity index (χ1v) is 6.66. The van der Waals surface area contributed by atoms with E-state index >= 15 is 0 Å². The van der Waals surface area contributed by atoms with Gasteiger partial charge < -0.3 is 10.3 Å². The van der Waals surface area contributed by atoms with E-state index in [1.807, 2.05) is 0 Å². The molecule has 96 valence electrons. The Balaban J connectivity index is 2.19. The van der Waals surface area contributed by atoms with Crippen molar-refractivity contribution < 1.29 is 8.42 Å². The Hall–Kier alpha value is -1.93. The van der Waals surface area contributed by atoms with Crippen LogP contribution in [0.25, 0.3) is 0 Å². The van der Waals surface area contributed by atoms with Crippen molar-refractivity contribution in [3.8, 4) is 0 Å². The molecule has 3 N–H and O–H groups in total. The molecule has 0 fully saturated rings. The summed E-state index contributed by atoms with van der Waals surface area (Å²) in [5.74, 6) is 0.521. The van der Waals surface area contributed by atoms with E-state index in [1.165, 1.54) is 18.5 Å². The Bertz CT molecular complexity index is 650. The summed E-state index contributed by atoms with van der Waals surface area (Å²) >= 11 is 0. The molecular weight excluding hydrogens is 254 g/mol. The molecule has 1 aromatic heterocycles. The molecule has 0 spiro atoms. The van der Waals surface area contributed by atoms with Crippen molar-refractivity contribution in [1.82, 2.24) is 19.5 Å². The van der Waals surface area contributed by atoms with Crippen molar-refractivity contribution >= 4 is 15.7 Å². The van der Waals surface area contributed by atoms with Crippen LogP contribution in [0.15, 0.2) is 35.5 Å². The summed E-state index contributed by atoms with van der Waals surface area (Å²) < 4.78 is 28.1. The molecule has 0 amide bonds. The Kier molecular flexibility index (Phi) is 3.30. The van der Waals surface area contributed by atoms with E-state index in [4.69, 9.17) is 5.73 Å². The average molecular weight is 267 g/mol. The third-order valence-electron chi connectivity index (χ3n) is 2.43. The molecule has 1 heterocycles. The van der Waals surface area contributed by atoms with Crippen LogP contribution in [0.1, 0.15) is 5.82 Å². The molecule has 0 aliphatic rings. The third kappa shape index (κ3) is 2.49. The van der Waals surface area contributed by atoms with Crippen LogP contribution in [0.5, 0.6) is 0 Å². The highest BCUT2D eigenvalue weighted by Gasteiger charge is 2.17. The van der Waals surface area contributed by atoms with Crippen molar-refractivity contribution in [2.24, 2.45) is 7.05 Å². The Labute approximate surface area is 105 Å². The zero-order chi connectivity index (χ0) is 13.2. The molecule has 0 aliphatic carbocycles. The predicted molar refractivity (Wildman–Crippen MR) is 65.9 cm³/mol. The van der Waals surface area contributed by atoms with Crippen LogP contribution in [0.2, 0.25) is 0 Å². The van der Waals surface area contributed by atoms with E-state index in [1.54, 1.807) is 23.7 Å². The number of nitrogen functional groups attached to an aromatic ring is 1. The summed E-state index contributed by atoms with van der Waals surface area (Å²) in [6.45, 7) is 0.0627. The third-order valence-corrected chi connectivity index (χ3v) is 3.91. The van der Waals surface area contributed by atoms with E-state index in [9.17, 15) is 8.42 Å². The van der Waals surface area contributed by atoms with Crippen LogP contribution in [0.3, 0.4) is 0 Å². The number of nitrogens with one attached hydrogen (secondary N) is 1. The van der Waals surface area contributed by atoms with Gasteiger partial charge in [0.25, 0.3) is 0 Å². The molecule has 0 saturated heterocycles. The maximum Gasteiger partial charge on any atom is 0.243 e. The van der Waals surface area contributed by atoms with Crippen LogP contribution < -0.4 is 10.5 Å². The van der Waals surface area contributed by atoms with Crippen molar-refractivity contribution in [3.05, 3.63) is 36.4 Å². The number of anilines is 1. The maximum absolute atomic E-state index is 12.0. The molecule has 1 aromatic carbocycles. The van der Waals surface area contributed by atoms with Gasteiger partial charge in [0.1, 0.15) is 17.0 Å². The van der Waals surface area contributed by atoms with E-state index in [2.05, 4.69) is 14.9 Å². The topological polar surface area (TPSA) is 103 Å². The van der Waals surface area contributed by atoms with Gasteiger partial charge in [-0.1, -0.05) is 12.1 Å². The Morgan fingerprint density at radius 2 is 2.11 bits per heavy atom. The summed E-state index contributed by atoms with van der Waals surface area (Å²) in [5, 5.41) is 7.46. The molecule has 8 heteroatoms. The van der Waals surface area contributed by atoms with Gasteiger partial charge in [0.05, 0.1) is 12.2 Å². The van der Waals surface area contributed by atoms with E-state index in [0.29, 0.717) is 5.82 Å². The molecule has 0 radical (unpaired) electrons. The fourth-order valence-electron chi connectivity index (χ4n) is 1.43. The molecule has 2 rings (SSSR count). The number of nitrogens with zero attached hydrogens (tertiary/aromatic N) is 3. The van der Waals surface area contributed by atoms with Gasteiger partial charge >= 0.3 is 0 Å². The molecule has 0 atom stereocenters. The normalized spacial score (nSPS) is 11.6. The molecule has 18 heavy (non-hydrogen) atoms. The second-order valence-electron chi connectivity index (χ2n) is 3.72. The lowest BCUT2D eigenvalue weighted by Crippen LogP contribution is -2.25. The molecule has 0 bridgehead atoms. The first-order valence-electron chi connectivity index (χ1n) is 5.18. The number of benzene rings is 1. The fraction of sp³-hybridized carbons (Fsp3) is 0.200. The molecular formula is C10H13N5O2S. The monoisotopic (exact) mass is 267 g/mol. The second-order valence-corrected chi connectivity index (χ2v) is 5.46. The number of hydrogen-bond donors (Lipinski definition) is 2. The number of nitrogens with two attached hydrogens (primary N) is 1. The number of sulfonamides is 1. The minimum absolute atomic E-state index is 0.0622. The van der Waals surface area contributed by atoms with Crippen LogP contribution in [-0.4, -0.2) is 23.2 Å². The van der Waals surface area contributed by atoms with Gasteiger partial charge in [-0.15, -0.1) is 10.2 Å². The summed E-state index contributed by atoms with van der Waals surface area (Å²) in [6.07, 6.45) is 1.50. The number of hydrogen-bond acceptors (Lipinski definition) is 5. The van der Waals surface area contributed by atoms with Crippen molar-refractivity contribution in [3.63, 3.8) is 0 Å². The molecule has 0 saturated carbocycles. The standard InChI is InChI=1S/C10H13N5O2S/c1-15-7-12-14-10(15)6-13-18(16,17)9-5-3-2-4-8(9)11/h2-5,7,13H,6,11H2,1H3. The minimum Gasteiger partial charge on any atom is -0.398 e. The van der Waals surface area contributed by atoms with Gasteiger partial charge in [-0.3, -0.25) is 0 Å². The summed E-state index contributed by atoms with van der Waals surface area (Å²) in [7, 11) is -1.90. The number of rotatable bonds is 4. The van der Waals surface area contributed by atoms with Crippen molar-refractivity contribution in [2.45, 2.75) is 11.4 Å². The largest absolute Gasteiger partial charge is 0.398 e. The number of para-hydroxylation sites is 1. The first-order chi connectivity index (χ1) is 8.50. The highest BCUT2D eigenvalue weighted by atomic mass is 32.2. The van der Waals surface area contributed by atoms with Gasteiger partial charge in [-0.2, -0.15) is 0 Å². The predicted octanol–water partition coefficient (Wildman–Crippen LogP) is -0.124. The van der Waals surface area contributed by atoms with Crippen LogP contribution in [0, 0.1) is 0 Å². The van der Waals surface area contributed by atoms with E-state index in [0.717, 1.165) is 0 Å². The second kappa shape index (κ2) is 4.75. The van der Waals surface area contributed by atoms with E-state index in [-0.39, 0.29) is 17.1 Å². The SMILES string of the molecule is Cn1cnnc1CNS(=O)(=O)c1ccccc1N. The maximum atomic E-state index is 12.0. The van der Waals surface area contributed by atoms with Gasteiger partial charge in [-0.25, -0.2) is 13.1 Å². The van der Waals surface area contributed by atoms with Crippen molar-refractivity contribution in [2.75, 3.05) is 5.73 Å². The molecule has 0 unspecified atom stereocenters. The van der Waals surface area contributed by atoms with Gasteiger partial charge in [0, 0.05) is 7.05 Å². The van der Waals surface area contributed by atoms with Crippen LogP contribution in [-0.2, 0) is 23.6 Å². The lowest BCUT2D eigenvalue weighted by atomic mass is 10.3. The Morgan fingerprint density at radius 1 is 1.39 bits per heavy atom.